The molecular formula is C14H21F3N4O. The van der Waals surface area contributed by atoms with Gasteiger partial charge < -0.3 is 9.64 Å². The molecule has 124 valence electrons. The topological polar surface area (TPSA) is 41.5 Å². The largest absolute Gasteiger partial charge is 0.433 e. The number of hydrogen-bond donors (Lipinski definition) is 0. The van der Waals surface area contributed by atoms with Crippen LogP contribution in [0.25, 0.3) is 0 Å². The number of anilines is 1. The Labute approximate surface area is 128 Å². The molecule has 1 fully saturated rings. The van der Waals surface area contributed by atoms with Crippen molar-refractivity contribution >= 4 is 5.95 Å². The Morgan fingerprint density at radius 2 is 2.14 bits per heavy atom. The van der Waals surface area contributed by atoms with Gasteiger partial charge in [0.05, 0.1) is 12.2 Å². The predicted molar refractivity (Wildman–Crippen MR) is 76.8 cm³/mol. The van der Waals surface area contributed by atoms with Crippen LogP contribution in [-0.4, -0.2) is 60.3 Å². The Morgan fingerprint density at radius 3 is 2.77 bits per heavy atom. The van der Waals surface area contributed by atoms with Gasteiger partial charge in [0.2, 0.25) is 5.95 Å². The van der Waals surface area contributed by atoms with E-state index in [0.29, 0.717) is 13.2 Å². The van der Waals surface area contributed by atoms with Crippen LogP contribution < -0.4 is 4.90 Å². The van der Waals surface area contributed by atoms with Crippen molar-refractivity contribution in [2.75, 3.05) is 44.7 Å². The first-order chi connectivity index (χ1) is 10.2. The zero-order valence-corrected chi connectivity index (χ0v) is 13.0. The van der Waals surface area contributed by atoms with Crippen molar-refractivity contribution in [3.8, 4) is 0 Å². The molecule has 2 heterocycles. The first kappa shape index (κ1) is 17.0. The molecule has 0 aliphatic carbocycles. The minimum Gasteiger partial charge on any atom is -0.373 e. The van der Waals surface area contributed by atoms with E-state index >= 15 is 0 Å². The van der Waals surface area contributed by atoms with Crippen LogP contribution in [0.2, 0.25) is 0 Å². The Morgan fingerprint density at radius 1 is 1.41 bits per heavy atom. The second-order valence-corrected chi connectivity index (χ2v) is 6.05. The molecular weight excluding hydrogens is 297 g/mol. The summed E-state index contributed by atoms with van der Waals surface area (Å²) in [4.78, 5) is 11.4. The van der Waals surface area contributed by atoms with Gasteiger partial charge in [-0.15, -0.1) is 0 Å². The third-order valence-corrected chi connectivity index (χ3v) is 3.53. The second-order valence-electron chi connectivity index (χ2n) is 6.05. The van der Waals surface area contributed by atoms with E-state index in [9.17, 15) is 13.2 Å². The molecule has 0 atom stereocenters. The van der Waals surface area contributed by atoms with E-state index in [1.54, 1.807) is 11.9 Å². The van der Waals surface area contributed by atoms with Crippen molar-refractivity contribution in [2.24, 2.45) is 0 Å². The van der Waals surface area contributed by atoms with Gasteiger partial charge in [0.25, 0.3) is 0 Å². The fraction of sp³-hybridized carbons (Fsp3) is 0.714. The van der Waals surface area contributed by atoms with E-state index in [4.69, 9.17) is 4.74 Å². The average Bonchev–Trinajstić information content (AvgIpc) is 2.43. The maximum absolute atomic E-state index is 12.7. The summed E-state index contributed by atoms with van der Waals surface area (Å²) in [6.07, 6.45) is -3.31. The van der Waals surface area contributed by atoms with Crippen LogP contribution in [-0.2, 0) is 10.9 Å². The van der Waals surface area contributed by atoms with Gasteiger partial charge in [-0.25, -0.2) is 9.97 Å². The molecule has 0 unspecified atom stereocenters. The molecule has 0 aromatic carbocycles. The van der Waals surface area contributed by atoms with Gasteiger partial charge in [0.15, 0.2) is 0 Å². The quantitative estimate of drug-likeness (QED) is 0.850. The molecule has 8 heteroatoms. The van der Waals surface area contributed by atoms with Gasteiger partial charge in [-0.1, -0.05) is 0 Å². The molecule has 1 aliphatic rings. The van der Waals surface area contributed by atoms with Crippen LogP contribution in [0.4, 0.5) is 19.1 Å². The van der Waals surface area contributed by atoms with Crippen molar-refractivity contribution in [3.05, 3.63) is 18.0 Å². The highest BCUT2D eigenvalue weighted by Gasteiger charge is 2.33. The van der Waals surface area contributed by atoms with Crippen LogP contribution in [0.5, 0.6) is 0 Å². The lowest BCUT2D eigenvalue weighted by Crippen LogP contribution is -2.50. The molecule has 0 bridgehead atoms. The Balaban J connectivity index is 1.94. The third-order valence-electron chi connectivity index (χ3n) is 3.53. The van der Waals surface area contributed by atoms with E-state index in [1.165, 1.54) is 0 Å². The number of alkyl halides is 3. The summed E-state index contributed by atoms with van der Waals surface area (Å²) in [7, 11) is 1.70. The van der Waals surface area contributed by atoms with Gasteiger partial charge in [-0.3, -0.25) is 4.90 Å². The molecule has 0 N–H and O–H groups in total. The number of likely N-dealkylation sites (N-methyl/N-ethyl adjacent to an activating group) is 1. The highest BCUT2D eigenvalue weighted by atomic mass is 19.4. The number of nitrogens with zero attached hydrogens (tertiary/aromatic N) is 4. The SMILES string of the molecule is CN(CCN1CCOC(C)(C)C1)c1nccc(C(F)(F)F)n1. The number of rotatable bonds is 4. The number of ether oxygens (including phenoxy) is 1. The van der Waals surface area contributed by atoms with Gasteiger partial charge in [0, 0.05) is 39.4 Å². The number of morpholine rings is 1. The molecule has 1 aliphatic heterocycles. The van der Waals surface area contributed by atoms with Gasteiger partial charge in [-0.05, 0) is 19.9 Å². The lowest BCUT2D eigenvalue weighted by molar-refractivity contribution is -0.141. The van der Waals surface area contributed by atoms with Crippen LogP contribution >= 0.6 is 0 Å². The number of halogens is 3. The first-order valence-electron chi connectivity index (χ1n) is 7.15. The number of aromatic nitrogens is 2. The van der Waals surface area contributed by atoms with Gasteiger partial charge in [0.1, 0.15) is 5.69 Å². The molecule has 22 heavy (non-hydrogen) atoms. The minimum atomic E-state index is -4.45. The minimum absolute atomic E-state index is 0.0855. The standard InChI is InChI=1S/C14H21F3N4O/c1-13(2)10-21(8-9-22-13)7-6-20(3)12-18-5-4-11(19-12)14(15,16)17/h4-5H,6-10H2,1-3H3. The molecule has 2 rings (SSSR count). The second kappa shape index (κ2) is 6.37. The maximum atomic E-state index is 12.7. The van der Waals surface area contributed by atoms with Gasteiger partial charge in [-0.2, -0.15) is 13.2 Å². The maximum Gasteiger partial charge on any atom is 0.433 e. The van der Waals surface area contributed by atoms with E-state index < -0.39 is 11.9 Å². The monoisotopic (exact) mass is 318 g/mol. The van der Waals surface area contributed by atoms with Crippen molar-refractivity contribution in [3.63, 3.8) is 0 Å². The van der Waals surface area contributed by atoms with Crippen LogP contribution in [0.3, 0.4) is 0 Å². The summed E-state index contributed by atoms with van der Waals surface area (Å²) >= 11 is 0. The van der Waals surface area contributed by atoms with Crippen molar-refractivity contribution in [1.82, 2.24) is 14.9 Å². The molecule has 1 aromatic heterocycles. The van der Waals surface area contributed by atoms with E-state index in [2.05, 4.69) is 14.9 Å². The summed E-state index contributed by atoms with van der Waals surface area (Å²) in [5.41, 5.74) is -1.11. The Kier molecular flexibility index (Phi) is 4.91. The van der Waals surface area contributed by atoms with E-state index in [0.717, 1.165) is 31.9 Å². The van der Waals surface area contributed by atoms with Gasteiger partial charge >= 0.3 is 6.18 Å². The van der Waals surface area contributed by atoms with Crippen molar-refractivity contribution in [2.45, 2.75) is 25.6 Å². The first-order valence-corrected chi connectivity index (χ1v) is 7.15. The predicted octanol–water partition coefficient (Wildman–Crippen LogP) is 2.04. The molecule has 5 nitrogen and oxygen atoms in total. The lowest BCUT2D eigenvalue weighted by atomic mass is 10.1. The lowest BCUT2D eigenvalue weighted by Gasteiger charge is -2.38. The normalized spacial score (nSPS) is 19.2. The smallest absolute Gasteiger partial charge is 0.373 e. The summed E-state index contributed by atoms with van der Waals surface area (Å²) in [6.45, 7) is 7.61. The molecule has 0 saturated carbocycles. The summed E-state index contributed by atoms with van der Waals surface area (Å²) < 4.78 is 43.6. The highest BCUT2D eigenvalue weighted by Crippen LogP contribution is 2.27. The molecule has 0 spiro atoms. The van der Waals surface area contributed by atoms with Crippen LogP contribution in [0.1, 0.15) is 19.5 Å². The molecule has 0 amide bonds. The fourth-order valence-corrected chi connectivity index (χ4v) is 2.39. The molecule has 1 saturated heterocycles. The van der Waals surface area contributed by atoms with Crippen LogP contribution in [0, 0.1) is 0 Å². The fourth-order valence-electron chi connectivity index (χ4n) is 2.39. The summed E-state index contributed by atoms with van der Waals surface area (Å²) in [5, 5.41) is 0. The van der Waals surface area contributed by atoms with E-state index in [-0.39, 0.29) is 11.5 Å². The van der Waals surface area contributed by atoms with E-state index in [1.807, 2.05) is 13.8 Å². The summed E-state index contributed by atoms with van der Waals surface area (Å²) in [5.74, 6) is 0.0855. The van der Waals surface area contributed by atoms with Crippen molar-refractivity contribution < 1.29 is 17.9 Å². The van der Waals surface area contributed by atoms with Crippen molar-refractivity contribution in [1.29, 1.82) is 0 Å². The molecule has 1 aromatic rings. The summed E-state index contributed by atoms with van der Waals surface area (Å²) in [6, 6.07) is 0.877. The average molecular weight is 318 g/mol. The zero-order valence-electron chi connectivity index (χ0n) is 13.0. The van der Waals surface area contributed by atoms with Crippen LogP contribution in [0.15, 0.2) is 12.3 Å². The zero-order chi connectivity index (χ0) is 16.4. The Hall–Kier alpha value is -1.41. The third kappa shape index (κ3) is 4.54. The number of hydrogen-bond acceptors (Lipinski definition) is 5. The molecule has 0 radical (unpaired) electrons. The highest BCUT2D eigenvalue weighted by molar-refractivity contribution is 5.29. The Bertz CT molecular complexity index is 507.